The number of thioether (sulfide) groups is 1. The number of aromatic nitrogens is 1. The third-order valence-electron chi connectivity index (χ3n) is 5.78. The average Bonchev–Trinajstić information content (AvgIpc) is 3.67. The first kappa shape index (κ1) is 26.2. The van der Waals surface area contributed by atoms with Crippen molar-refractivity contribution in [1.29, 1.82) is 0 Å². The number of methoxy groups -OCH3 is 1. The molecule has 12 heteroatoms. The summed E-state index contributed by atoms with van der Waals surface area (Å²) in [6.07, 6.45) is 3.32. The van der Waals surface area contributed by atoms with Crippen LogP contribution in [0.3, 0.4) is 0 Å². The second-order valence-electron chi connectivity index (χ2n) is 8.36. The highest BCUT2D eigenvalue weighted by Crippen LogP contribution is 2.47. The van der Waals surface area contributed by atoms with Gasteiger partial charge in [0, 0.05) is 42.6 Å². The van der Waals surface area contributed by atoms with E-state index in [2.05, 4.69) is 10.1 Å². The number of furan rings is 1. The first-order valence-corrected chi connectivity index (χ1v) is 12.4. The lowest BCUT2D eigenvalue weighted by atomic mass is 10.1. The largest absolute Gasteiger partial charge is 0.492 e. The number of ether oxygens (including phenoxy) is 2. The van der Waals surface area contributed by atoms with E-state index in [4.69, 9.17) is 13.9 Å². The smallest absolute Gasteiger partial charge is 0.281 e. The summed E-state index contributed by atoms with van der Waals surface area (Å²) in [5.74, 6) is -4.04. The van der Waals surface area contributed by atoms with E-state index in [0.29, 0.717) is 34.1 Å². The fraction of sp³-hybridized carbons (Fsp3) is 0.148. The van der Waals surface area contributed by atoms with Gasteiger partial charge in [0.2, 0.25) is 0 Å². The molecular formula is C27H20F3N3O5S. The number of para-hydroxylation sites is 1. The molecule has 0 aliphatic carbocycles. The number of H-pyrrole nitrogens is 1. The zero-order valence-electron chi connectivity index (χ0n) is 20.5. The van der Waals surface area contributed by atoms with Crippen molar-refractivity contribution in [3.8, 4) is 11.5 Å². The van der Waals surface area contributed by atoms with E-state index >= 15 is 0 Å². The highest BCUT2D eigenvalue weighted by molar-refractivity contribution is 8.14. The molecule has 0 saturated heterocycles. The summed E-state index contributed by atoms with van der Waals surface area (Å²) in [6, 6.07) is 10.7. The standard InChI is InChI=1S/C27H20F3N3O5S/c1-14(34)21-7-6-17(38-21)13-37-22-5-3-4-18(24(22)36-2)27-33(32-25(39-27)15-8-9-31-12-15)26(35)23-19(29)10-16(28)11-20(23)30/h3-12,27,31H,13H2,1-2H3. The Morgan fingerprint density at radius 1 is 1.13 bits per heavy atom. The molecule has 1 N–H and O–H groups in total. The van der Waals surface area contributed by atoms with Gasteiger partial charge in [-0.3, -0.25) is 9.59 Å². The number of nitrogens with one attached hydrogen (secondary N) is 1. The van der Waals surface area contributed by atoms with Crippen LogP contribution in [0, 0.1) is 17.5 Å². The van der Waals surface area contributed by atoms with Crippen molar-refractivity contribution in [2.45, 2.75) is 18.9 Å². The molecule has 1 atom stereocenters. The number of rotatable bonds is 8. The van der Waals surface area contributed by atoms with Crippen LogP contribution < -0.4 is 9.47 Å². The van der Waals surface area contributed by atoms with Crippen LogP contribution in [-0.2, 0) is 6.61 Å². The molecule has 2 aromatic heterocycles. The van der Waals surface area contributed by atoms with Gasteiger partial charge in [-0.05, 0) is 24.3 Å². The Morgan fingerprint density at radius 2 is 1.90 bits per heavy atom. The predicted molar refractivity (Wildman–Crippen MR) is 136 cm³/mol. The predicted octanol–water partition coefficient (Wildman–Crippen LogP) is 6.06. The lowest BCUT2D eigenvalue weighted by molar-refractivity contribution is 0.0737. The van der Waals surface area contributed by atoms with Crippen molar-refractivity contribution in [2.24, 2.45) is 5.10 Å². The van der Waals surface area contributed by atoms with Gasteiger partial charge in [-0.15, -0.1) is 0 Å². The van der Waals surface area contributed by atoms with Crippen LogP contribution >= 0.6 is 11.8 Å². The molecule has 39 heavy (non-hydrogen) atoms. The van der Waals surface area contributed by atoms with Crippen molar-refractivity contribution < 1.29 is 36.7 Å². The summed E-state index contributed by atoms with van der Waals surface area (Å²) in [6.45, 7) is 1.36. The third-order valence-corrected chi connectivity index (χ3v) is 6.99. The fourth-order valence-electron chi connectivity index (χ4n) is 3.97. The number of carbonyl (C=O) groups excluding carboxylic acids is 2. The van der Waals surface area contributed by atoms with Crippen LogP contribution in [0.2, 0.25) is 0 Å². The molecule has 0 spiro atoms. The van der Waals surface area contributed by atoms with Crippen LogP contribution in [-0.4, -0.2) is 33.8 Å². The Labute approximate surface area is 224 Å². The molecule has 3 heterocycles. The Kier molecular flexibility index (Phi) is 7.20. The second-order valence-corrected chi connectivity index (χ2v) is 9.43. The summed E-state index contributed by atoms with van der Waals surface area (Å²) in [5, 5.41) is 4.77. The molecule has 2 aromatic carbocycles. The SMILES string of the molecule is COc1c(OCc2ccc(C(C)=O)o2)cccc1C1SC(c2cc[nH]c2)=NN1C(=O)c1c(F)cc(F)cc1F. The molecule has 5 rings (SSSR count). The Hall–Kier alpha value is -4.45. The summed E-state index contributed by atoms with van der Waals surface area (Å²) < 4.78 is 59.7. The summed E-state index contributed by atoms with van der Waals surface area (Å²) in [7, 11) is 1.41. The van der Waals surface area contributed by atoms with E-state index in [1.54, 1.807) is 48.8 Å². The molecule has 200 valence electrons. The zero-order chi connectivity index (χ0) is 27.7. The minimum absolute atomic E-state index is 0.0232. The van der Waals surface area contributed by atoms with Gasteiger partial charge in [-0.2, -0.15) is 5.10 Å². The number of hydrogen-bond donors (Lipinski definition) is 1. The van der Waals surface area contributed by atoms with Gasteiger partial charge in [-0.25, -0.2) is 18.2 Å². The van der Waals surface area contributed by atoms with E-state index in [1.807, 2.05) is 0 Å². The van der Waals surface area contributed by atoms with E-state index in [0.717, 1.165) is 16.8 Å². The van der Waals surface area contributed by atoms with Crippen molar-refractivity contribution in [2.75, 3.05) is 7.11 Å². The Morgan fingerprint density at radius 3 is 2.54 bits per heavy atom. The molecule has 1 aliphatic rings. The van der Waals surface area contributed by atoms with Crippen LogP contribution in [0.1, 0.15) is 50.1 Å². The molecule has 0 radical (unpaired) electrons. The Bertz CT molecular complexity index is 1560. The van der Waals surface area contributed by atoms with Gasteiger partial charge in [0.05, 0.1) is 7.11 Å². The van der Waals surface area contributed by atoms with Crippen molar-refractivity contribution in [1.82, 2.24) is 9.99 Å². The average molecular weight is 556 g/mol. The van der Waals surface area contributed by atoms with Crippen molar-refractivity contribution in [3.63, 3.8) is 0 Å². The first-order chi connectivity index (χ1) is 18.8. The maximum absolute atomic E-state index is 14.6. The minimum Gasteiger partial charge on any atom is -0.492 e. The number of amides is 1. The summed E-state index contributed by atoms with van der Waals surface area (Å²) >= 11 is 1.15. The molecule has 1 amide bonds. The van der Waals surface area contributed by atoms with E-state index in [-0.39, 0.29) is 29.6 Å². The molecular weight excluding hydrogens is 535 g/mol. The first-order valence-electron chi connectivity index (χ1n) is 11.5. The quantitative estimate of drug-likeness (QED) is 0.265. The number of halogens is 3. The number of carbonyl (C=O) groups is 2. The topological polar surface area (TPSA) is 97.1 Å². The normalized spacial score (nSPS) is 14.8. The highest BCUT2D eigenvalue weighted by Gasteiger charge is 2.39. The zero-order valence-corrected chi connectivity index (χ0v) is 21.4. The lowest BCUT2D eigenvalue weighted by Gasteiger charge is -2.24. The lowest BCUT2D eigenvalue weighted by Crippen LogP contribution is -2.28. The van der Waals surface area contributed by atoms with Crippen LogP contribution in [0.5, 0.6) is 11.5 Å². The minimum atomic E-state index is -1.35. The van der Waals surface area contributed by atoms with Gasteiger partial charge in [0.1, 0.15) is 45.8 Å². The molecule has 1 unspecified atom stereocenters. The summed E-state index contributed by atoms with van der Waals surface area (Å²) in [5.41, 5.74) is 0.131. The van der Waals surface area contributed by atoms with Crippen LogP contribution in [0.25, 0.3) is 0 Å². The highest BCUT2D eigenvalue weighted by atomic mass is 32.2. The van der Waals surface area contributed by atoms with Gasteiger partial charge >= 0.3 is 0 Å². The van der Waals surface area contributed by atoms with Crippen molar-refractivity contribution in [3.05, 3.63) is 107 Å². The molecule has 0 bridgehead atoms. The monoisotopic (exact) mass is 555 g/mol. The number of hydrazone groups is 1. The van der Waals surface area contributed by atoms with E-state index < -0.39 is 34.3 Å². The van der Waals surface area contributed by atoms with Gasteiger partial charge in [-0.1, -0.05) is 23.9 Å². The van der Waals surface area contributed by atoms with Gasteiger partial charge < -0.3 is 18.9 Å². The fourth-order valence-corrected chi connectivity index (χ4v) is 5.14. The van der Waals surface area contributed by atoms with E-state index in [9.17, 15) is 22.8 Å². The number of nitrogens with zero attached hydrogens (tertiary/aromatic N) is 2. The number of aromatic amines is 1. The van der Waals surface area contributed by atoms with Crippen LogP contribution in [0.15, 0.2) is 70.4 Å². The van der Waals surface area contributed by atoms with Gasteiger partial charge in [0.25, 0.3) is 5.91 Å². The summed E-state index contributed by atoms with van der Waals surface area (Å²) in [4.78, 5) is 27.9. The van der Waals surface area contributed by atoms with E-state index in [1.165, 1.54) is 14.0 Å². The van der Waals surface area contributed by atoms with Crippen LogP contribution in [0.4, 0.5) is 13.2 Å². The molecule has 4 aromatic rings. The number of benzene rings is 2. The maximum atomic E-state index is 14.6. The number of Topliss-reactive ketones (excluding diaryl/α,β-unsaturated/α-hetero) is 1. The maximum Gasteiger partial charge on any atom is 0.281 e. The van der Waals surface area contributed by atoms with Crippen molar-refractivity contribution >= 4 is 28.5 Å². The molecule has 0 saturated carbocycles. The molecule has 1 aliphatic heterocycles. The van der Waals surface area contributed by atoms with Gasteiger partial charge in [0.15, 0.2) is 23.0 Å². The Balaban J connectivity index is 1.51. The molecule has 8 nitrogen and oxygen atoms in total. The number of hydrogen-bond acceptors (Lipinski definition) is 7. The third kappa shape index (κ3) is 5.15. The number of ketones is 1. The second kappa shape index (κ2) is 10.7. The molecule has 0 fully saturated rings.